The van der Waals surface area contributed by atoms with E-state index in [4.69, 9.17) is 21.1 Å². The molecule has 170 valence electrons. The van der Waals surface area contributed by atoms with E-state index in [0.29, 0.717) is 48.2 Å². The van der Waals surface area contributed by atoms with E-state index in [2.05, 4.69) is 0 Å². The number of nitriles is 1. The number of hydrogen-bond acceptors (Lipinski definition) is 5. The molecular weight excluding hydrogens is 440 g/mol. The van der Waals surface area contributed by atoms with E-state index in [9.17, 15) is 14.9 Å². The van der Waals surface area contributed by atoms with Crippen LogP contribution in [-0.4, -0.2) is 36.5 Å². The van der Waals surface area contributed by atoms with Crippen LogP contribution in [0, 0.1) is 11.3 Å². The fourth-order valence-electron chi connectivity index (χ4n) is 3.38. The van der Waals surface area contributed by atoms with Crippen LogP contribution >= 0.6 is 11.6 Å². The Balaban J connectivity index is 1.76. The van der Waals surface area contributed by atoms with Crippen molar-refractivity contribution in [2.75, 3.05) is 19.8 Å². The zero-order valence-corrected chi connectivity index (χ0v) is 19.4. The van der Waals surface area contributed by atoms with Gasteiger partial charge in [0.05, 0.1) is 0 Å². The molecule has 1 aliphatic rings. The lowest BCUT2D eigenvalue weighted by atomic mass is 9.93. The molecule has 7 heteroatoms. The first kappa shape index (κ1) is 24.2. The first-order chi connectivity index (χ1) is 15.9. The highest BCUT2D eigenvalue weighted by atomic mass is 35.5. The van der Waals surface area contributed by atoms with Crippen LogP contribution in [0.25, 0.3) is 6.08 Å². The van der Waals surface area contributed by atoms with Crippen molar-refractivity contribution in [3.63, 3.8) is 0 Å². The number of rotatable bonds is 9. The van der Waals surface area contributed by atoms with Gasteiger partial charge in [0.2, 0.25) is 0 Å². The number of carbonyl (C=O) groups excluding carboxylic acids is 2. The Kier molecular flexibility index (Phi) is 8.42. The van der Waals surface area contributed by atoms with E-state index in [1.54, 1.807) is 13.0 Å². The Morgan fingerprint density at radius 2 is 1.76 bits per heavy atom. The van der Waals surface area contributed by atoms with Crippen molar-refractivity contribution in [1.82, 2.24) is 4.90 Å². The summed E-state index contributed by atoms with van der Waals surface area (Å²) in [7, 11) is 0. The maximum Gasteiger partial charge on any atom is 0.271 e. The minimum atomic E-state index is -0.556. The molecule has 0 fully saturated rings. The van der Waals surface area contributed by atoms with Gasteiger partial charge in [0.1, 0.15) is 24.0 Å². The molecule has 0 bridgehead atoms. The highest BCUT2D eigenvalue weighted by molar-refractivity contribution is 6.30. The number of nitrogens with zero attached hydrogens (tertiary/aromatic N) is 2. The van der Waals surface area contributed by atoms with E-state index in [0.717, 1.165) is 16.0 Å². The normalized spacial score (nSPS) is 15.2. The third-order valence-corrected chi connectivity index (χ3v) is 5.46. The van der Waals surface area contributed by atoms with E-state index < -0.39 is 11.8 Å². The molecule has 2 aromatic carbocycles. The van der Waals surface area contributed by atoms with Crippen LogP contribution < -0.4 is 4.74 Å². The average Bonchev–Trinajstić information content (AvgIpc) is 2.82. The Labute approximate surface area is 198 Å². The predicted octanol–water partition coefficient (Wildman–Crippen LogP) is 4.94. The molecule has 0 atom stereocenters. The first-order valence-electron chi connectivity index (χ1n) is 10.7. The molecule has 33 heavy (non-hydrogen) atoms. The Bertz CT molecular complexity index is 1110. The van der Waals surface area contributed by atoms with E-state index in [1.807, 2.05) is 61.5 Å². The summed E-state index contributed by atoms with van der Waals surface area (Å²) in [6, 6.07) is 16.7. The number of ether oxygens (including phenoxy) is 2. The smallest absolute Gasteiger partial charge is 0.271 e. The molecule has 2 amide bonds. The maximum absolute atomic E-state index is 13.0. The van der Waals surface area contributed by atoms with Gasteiger partial charge in [-0.25, -0.2) is 0 Å². The van der Waals surface area contributed by atoms with Gasteiger partial charge in [0, 0.05) is 30.4 Å². The van der Waals surface area contributed by atoms with Gasteiger partial charge in [0.25, 0.3) is 11.8 Å². The molecule has 0 unspecified atom stereocenters. The number of halogens is 1. The third-order valence-electron chi connectivity index (χ3n) is 5.21. The third kappa shape index (κ3) is 6.10. The second-order valence-electron chi connectivity index (χ2n) is 7.47. The molecule has 0 saturated carbocycles. The fraction of sp³-hybridized carbons (Fsp3) is 0.269. The Morgan fingerprint density at radius 1 is 1.06 bits per heavy atom. The molecule has 1 aliphatic heterocycles. The van der Waals surface area contributed by atoms with Crippen molar-refractivity contribution in [1.29, 1.82) is 5.26 Å². The molecule has 0 radical (unpaired) electrons. The summed E-state index contributed by atoms with van der Waals surface area (Å²) < 4.78 is 11.1. The lowest BCUT2D eigenvalue weighted by Gasteiger charge is -2.27. The molecule has 1 heterocycles. The highest BCUT2D eigenvalue weighted by Crippen LogP contribution is 2.27. The van der Waals surface area contributed by atoms with Gasteiger partial charge in [-0.3, -0.25) is 14.5 Å². The first-order valence-corrected chi connectivity index (χ1v) is 11.1. The number of benzene rings is 2. The lowest BCUT2D eigenvalue weighted by molar-refractivity contribution is -0.140. The number of hydrogen-bond donors (Lipinski definition) is 0. The average molecular weight is 465 g/mol. The van der Waals surface area contributed by atoms with Gasteiger partial charge >= 0.3 is 0 Å². The lowest BCUT2D eigenvalue weighted by Crippen LogP contribution is -2.43. The van der Waals surface area contributed by atoms with Gasteiger partial charge in [-0.15, -0.1) is 0 Å². The molecule has 3 rings (SSSR count). The van der Waals surface area contributed by atoms with Crippen LogP contribution in [0.2, 0.25) is 5.02 Å². The maximum atomic E-state index is 13.0. The van der Waals surface area contributed by atoms with Gasteiger partial charge in [-0.05, 0) is 67.3 Å². The van der Waals surface area contributed by atoms with Crippen LogP contribution in [0.4, 0.5) is 0 Å². The van der Waals surface area contributed by atoms with Crippen molar-refractivity contribution in [2.45, 2.75) is 26.9 Å². The summed E-state index contributed by atoms with van der Waals surface area (Å²) in [5, 5.41) is 10.2. The SMILES string of the molecule is CCOCCCN1C(=O)C(C#N)=C(C)/C(=C\c2ccc(OCc3ccc(Cl)cc3)cc2)C1=O. The van der Waals surface area contributed by atoms with Crippen LogP contribution in [0.3, 0.4) is 0 Å². The zero-order valence-electron chi connectivity index (χ0n) is 18.6. The summed E-state index contributed by atoms with van der Waals surface area (Å²) in [5.74, 6) is -0.282. The zero-order chi connectivity index (χ0) is 23.8. The molecule has 6 nitrogen and oxygen atoms in total. The second-order valence-corrected chi connectivity index (χ2v) is 7.90. The highest BCUT2D eigenvalue weighted by Gasteiger charge is 2.35. The van der Waals surface area contributed by atoms with Crippen molar-refractivity contribution in [3.8, 4) is 11.8 Å². The van der Waals surface area contributed by atoms with E-state index in [1.165, 1.54) is 0 Å². The Morgan fingerprint density at radius 3 is 2.39 bits per heavy atom. The summed E-state index contributed by atoms with van der Waals surface area (Å²) in [5.41, 5.74) is 2.46. The van der Waals surface area contributed by atoms with E-state index in [-0.39, 0.29) is 12.1 Å². The van der Waals surface area contributed by atoms with Gasteiger partial charge in [0.15, 0.2) is 0 Å². The van der Waals surface area contributed by atoms with Gasteiger partial charge in [-0.1, -0.05) is 35.9 Å². The molecule has 0 aliphatic carbocycles. The second kappa shape index (κ2) is 11.5. The molecule has 0 N–H and O–H groups in total. The summed E-state index contributed by atoms with van der Waals surface area (Å²) in [4.78, 5) is 26.8. The predicted molar refractivity (Wildman–Crippen MR) is 126 cm³/mol. The minimum absolute atomic E-state index is 0.0137. The number of carbonyl (C=O) groups is 2. The van der Waals surface area contributed by atoms with Crippen molar-refractivity contribution < 1.29 is 19.1 Å². The standard InChI is InChI=1S/C26H25ClN2O4/c1-3-32-14-4-13-29-25(30)23(18(2)24(16-28)26(29)31)15-19-7-11-22(12-8-19)33-17-20-5-9-21(27)10-6-20/h5-12,15H,3-4,13-14,17H2,1-2H3/b23-15+. The van der Waals surface area contributed by atoms with Crippen molar-refractivity contribution >= 4 is 29.5 Å². The molecule has 0 saturated heterocycles. The van der Waals surface area contributed by atoms with Crippen LogP contribution in [0.5, 0.6) is 5.75 Å². The quantitative estimate of drug-likeness (QED) is 0.298. The van der Waals surface area contributed by atoms with Gasteiger partial charge in [-0.2, -0.15) is 5.26 Å². The molecule has 0 spiro atoms. The fourth-order valence-corrected chi connectivity index (χ4v) is 3.50. The van der Waals surface area contributed by atoms with Crippen molar-refractivity contribution in [2.24, 2.45) is 0 Å². The summed E-state index contributed by atoms with van der Waals surface area (Å²) >= 11 is 5.90. The largest absolute Gasteiger partial charge is 0.489 e. The summed E-state index contributed by atoms with van der Waals surface area (Å²) in [6.07, 6.45) is 2.20. The Hall–Kier alpha value is -3.40. The molecule has 0 aromatic heterocycles. The number of imide groups is 1. The number of amides is 2. The van der Waals surface area contributed by atoms with Crippen LogP contribution in [0.1, 0.15) is 31.4 Å². The minimum Gasteiger partial charge on any atom is -0.489 e. The van der Waals surface area contributed by atoms with Crippen LogP contribution in [-0.2, 0) is 20.9 Å². The van der Waals surface area contributed by atoms with Crippen molar-refractivity contribution in [3.05, 3.63) is 81.4 Å². The summed E-state index contributed by atoms with van der Waals surface area (Å²) in [6.45, 7) is 5.12. The van der Waals surface area contributed by atoms with Gasteiger partial charge < -0.3 is 9.47 Å². The molecule has 2 aromatic rings. The van der Waals surface area contributed by atoms with E-state index >= 15 is 0 Å². The molecular formula is C26H25ClN2O4. The topological polar surface area (TPSA) is 79.6 Å². The monoisotopic (exact) mass is 464 g/mol. The van der Waals surface area contributed by atoms with Crippen LogP contribution in [0.15, 0.2) is 65.3 Å².